The van der Waals surface area contributed by atoms with Gasteiger partial charge < -0.3 is 19.3 Å². The van der Waals surface area contributed by atoms with Gasteiger partial charge in [0.05, 0.1) is 31.0 Å². The molecule has 7 rings (SSSR count). The van der Waals surface area contributed by atoms with Crippen molar-refractivity contribution < 1.29 is 23.9 Å². The number of nitrogens with zero attached hydrogens (tertiary/aromatic N) is 5. The Bertz CT molecular complexity index is 1600. The van der Waals surface area contributed by atoms with Crippen molar-refractivity contribution in [1.82, 2.24) is 19.6 Å². The molecular formula is C34H37N5O5. The second-order valence-electron chi connectivity index (χ2n) is 11.9. The van der Waals surface area contributed by atoms with Crippen molar-refractivity contribution in [1.29, 1.82) is 0 Å². The quantitative estimate of drug-likeness (QED) is 0.274. The number of aliphatic imine (C=N–C) groups is 1. The fourth-order valence-electron chi connectivity index (χ4n) is 6.85. The molecule has 44 heavy (non-hydrogen) atoms. The highest BCUT2D eigenvalue weighted by atomic mass is 16.5. The van der Waals surface area contributed by atoms with Gasteiger partial charge in [0.15, 0.2) is 11.5 Å². The maximum Gasteiger partial charge on any atom is 0.261 e. The molecule has 3 aromatic carbocycles. The zero-order chi connectivity index (χ0) is 30.2. The fraction of sp³-hybridized carbons (Fsp3) is 0.412. The number of imide groups is 1. The van der Waals surface area contributed by atoms with Gasteiger partial charge in [0.1, 0.15) is 0 Å². The molecule has 10 heteroatoms. The van der Waals surface area contributed by atoms with Crippen LogP contribution in [0.15, 0.2) is 53.5 Å². The summed E-state index contributed by atoms with van der Waals surface area (Å²) in [4.78, 5) is 52.2. The molecule has 10 nitrogen and oxygen atoms in total. The van der Waals surface area contributed by atoms with Gasteiger partial charge in [-0.1, -0.05) is 24.3 Å². The lowest BCUT2D eigenvalue weighted by Gasteiger charge is -2.36. The van der Waals surface area contributed by atoms with Crippen LogP contribution in [0.5, 0.6) is 11.5 Å². The molecule has 0 aliphatic carbocycles. The third-order valence-corrected chi connectivity index (χ3v) is 9.29. The minimum absolute atomic E-state index is 0.00100. The summed E-state index contributed by atoms with van der Waals surface area (Å²) >= 11 is 0. The van der Waals surface area contributed by atoms with Crippen LogP contribution in [0, 0.1) is 0 Å². The summed E-state index contributed by atoms with van der Waals surface area (Å²) in [7, 11) is 1.59. The number of methoxy groups -OCH3 is 1. The van der Waals surface area contributed by atoms with Crippen molar-refractivity contribution in [2.75, 3.05) is 66.1 Å². The Morgan fingerprint density at radius 1 is 0.795 bits per heavy atom. The Balaban J connectivity index is 0.882. The summed E-state index contributed by atoms with van der Waals surface area (Å²) in [5, 5.41) is 1.69. The van der Waals surface area contributed by atoms with Crippen LogP contribution in [-0.2, 0) is 0 Å². The first kappa shape index (κ1) is 28.5. The van der Waals surface area contributed by atoms with Gasteiger partial charge >= 0.3 is 0 Å². The summed E-state index contributed by atoms with van der Waals surface area (Å²) in [6, 6.07) is 14.9. The predicted octanol–water partition coefficient (Wildman–Crippen LogP) is 3.85. The topological polar surface area (TPSA) is 95.0 Å². The molecule has 4 heterocycles. The average Bonchev–Trinajstić information content (AvgIpc) is 3.49. The number of hydrogen-bond acceptors (Lipinski definition) is 8. The third-order valence-electron chi connectivity index (χ3n) is 9.29. The van der Waals surface area contributed by atoms with Crippen molar-refractivity contribution in [3.63, 3.8) is 0 Å². The highest BCUT2D eigenvalue weighted by Gasteiger charge is 2.34. The van der Waals surface area contributed by atoms with E-state index in [1.807, 2.05) is 53.6 Å². The number of carbonyl (C=O) groups is 3. The van der Waals surface area contributed by atoms with Crippen molar-refractivity contribution >= 4 is 40.4 Å². The van der Waals surface area contributed by atoms with E-state index in [9.17, 15) is 14.4 Å². The van der Waals surface area contributed by atoms with Crippen LogP contribution in [0.2, 0.25) is 0 Å². The van der Waals surface area contributed by atoms with Gasteiger partial charge in [0.2, 0.25) is 0 Å². The Kier molecular flexibility index (Phi) is 7.78. The molecule has 4 aliphatic rings. The van der Waals surface area contributed by atoms with Crippen LogP contribution in [-0.4, -0.2) is 116 Å². The Morgan fingerprint density at radius 3 is 2.20 bits per heavy atom. The fourth-order valence-corrected chi connectivity index (χ4v) is 6.85. The highest BCUT2D eigenvalue weighted by molar-refractivity contribution is 6.25. The molecule has 0 aromatic heterocycles. The SMILES string of the molecule is COc1cc2c(cc1OCCCN1CCN(CCN3C(=O)c4cccc5cccc(c45)C3=O)CC1)N=C[C@@H]1CCCN1C2=O. The molecule has 228 valence electrons. The number of rotatable bonds is 9. The van der Waals surface area contributed by atoms with E-state index in [1.54, 1.807) is 13.2 Å². The Morgan fingerprint density at radius 2 is 1.50 bits per heavy atom. The Hall–Kier alpha value is -4.28. The molecule has 0 radical (unpaired) electrons. The molecule has 0 unspecified atom stereocenters. The number of benzene rings is 3. The first-order valence-corrected chi connectivity index (χ1v) is 15.5. The van der Waals surface area contributed by atoms with Gasteiger partial charge in [-0.15, -0.1) is 0 Å². The van der Waals surface area contributed by atoms with Crippen molar-refractivity contribution in [2.24, 2.45) is 4.99 Å². The third kappa shape index (κ3) is 5.22. The number of fused-ring (bicyclic) bond motifs is 2. The molecule has 4 aliphatic heterocycles. The van der Waals surface area contributed by atoms with Crippen molar-refractivity contribution in [2.45, 2.75) is 25.3 Å². The van der Waals surface area contributed by atoms with Crippen LogP contribution in [0.25, 0.3) is 10.8 Å². The minimum Gasteiger partial charge on any atom is -0.493 e. The second-order valence-corrected chi connectivity index (χ2v) is 11.9. The lowest BCUT2D eigenvalue weighted by atomic mass is 9.94. The lowest BCUT2D eigenvalue weighted by Crippen LogP contribution is -2.50. The smallest absolute Gasteiger partial charge is 0.261 e. The summed E-state index contributed by atoms with van der Waals surface area (Å²) < 4.78 is 11.7. The van der Waals surface area contributed by atoms with Crippen LogP contribution < -0.4 is 9.47 Å². The van der Waals surface area contributed by atoms with Gasteiger partial charge in [-0.2, -0.15) is 0 Å². The summed E-state index contributed by atoms with van der Waals surface area (Å²) in [5.74, 6) is 0.736. The number of ether oxygens (including phenoxy) is 2. The van der Waals surface area contributed by atoms with E-state index in [0.29, 0.717) is 53.6 Å². The average molecular weight is 596 g/mol. The molecule has 1 atom stereocenters. The number of hydrogen-bond donors (Lipinski definition) is 0. The molecule has 0 saturated carbocycles. The first-order valence-electron chi connectivity index (χ1n) is 15.5. The predicted molar refractivity (Wildman–Crippen MR) is 168 cm³/mol. The molecule has 0 N–H and O–H groups in total. The summed E-state index contributed by atoms with van der Waals surface area (Å²) in [6.45, 7) is 6.82. The zero-order valence-corrected chi connectivity index (χ0v) is 25.0. The molecular weight excluding hydrogens is 558 g/mol. The largest absolute Gasteiger partial charge is 0.493 e. The zero-order valence-electron chi connectivity index (χ0n) is 25.0. The van der Waals surface area contributed by atoms with Gasteiger partial charge in [0.25, 0.3) is 17.7 Å². The van der Waals surface area contributed by atoms with E-state index in [0.717, 1.165) is 69.3 Å². The maximum absolute atomic E-state index is 13.2. The highest BCUT2D eigenvalue weighted by Crippen LogP contribution is 2.38. The lowest BCUT2D eigenvalue weighted by molar-refractivity contribution is 0.0571. The van der Waals surface area contributed by atoms with E-state index < -0.39 is 0 Å². The molecule has 2 fully saturated rings. The number of amides is 3. The van der Waals surface area contributed by atoms with E-state index in [-0.39, 0.29) is 23.8 Å². The first-order chi connectivity index (χ1) is 21.5. The molecule has 3 aromatic rings. The molecule has 2 saturated heterocycles. The van der Waals surface area contributed by atoms with Crippen LogP contribution in [0.4, 0.5) is 5.69 Å². The van der Waals surface area contributed by atoms with E-state index in [4.69, 9.17) is 9.47 Å². The van der Waals surface area contributed by atoms with Crippen LogP contribution >= 0.6 is 0 Å². The van der Waals surface area contributed by atoms with Gasteiger partial charge in [-0.25, -0.2) is 0 Å². The van der Waals surface area contributed by atoms with Crippen molar-refractivity contribution in [3.05, 3.63) is 65.2 Å². The maximum atomic E-state index is 13.2. The minimum atomic E-state index is -0.206. The Labute approximate surface area is 256 Å². The molecule has 0 spiro atoms. The van der Waals surface area contributed by atoms with E-state index in [2.05, 4.69) is 14.8 Å². The second kappa shape index (κ2) is 12.0. The molecule has 3 amide bonds. The van der Waals surface area contributed by atoms with Gasteiger partial charge in [-0.05, 0) is 42.8 Å². The summed E-state index contributed by atoms with van der Waals surface area (Å²) in [6.07, 6.45) is 4.68. The number of carbonyl (C=O) groups excluding carboxylic acids is 3. The molecule has 0 bridgehead atoms. The van der Waals surface area contributed by atoms with E-state index >= 15 is 0 Å². The standard InChI is InChI=1S/C34H37N5O5/c1-43-29-20-27-28(35-22-24-8-4-12-38(24)34(27)42)21-30(29)44-19-5-11-36-13-15-37(16-14-36)17-18-39-32(40)25-9-2-6-23-7-3-10-26(31(23)25)33(39)41/h2-3,6-7,9-10,20-22,24H,4-5,8,11-19H2,1H3/t24-/m0/s1. The van der Waals surface area contributed by atoms with Crippen molar-refractivity contribution in [3.8, 4) is 11.5 Å². The van der Waals surface area contributed by atoms with Crippen LogP contribution in [0.3, 0.4) is 0 Å². The van der Waals surface area contributed by atoms with E-state index in [1.165, 1.54) is 4.90 Å². The van der Waals surface area contributed by atoms with Crippen LogP contribution in [0.1, 0.15) is 50.3 Å². The monoisotopic (exact) mass is 595 g/mol. The van der Waals surface area contributed by atoms with Gasteiger partial charge in [0, 0.05) is 81.2 Å². The normalized spacial score (nSPS) is 20.2. The summed E-state index contributed by atoms with van der Waals surface area (Å²) in [5.41, 5.74) is 2.40. The number of piperazine rings is 1. The van der Waals surface area contributed by atoms with Gasteiger partial charge in [-0.3, -0.25) is 29.2 Å².